The number of rotatable bonds is 9. The highest BCUT2D eigenvalue weighted by Crippen LogP contribution is 2.04. The van der Waals surface area contributed by atoms with Gasteiger partial charge in [0.05, 0.1) is 6.10 Å². The first kappa shape index (κ1) is 14.2. The van der Waals surface area contributed by atoms with Crippen LogP contribution in [0.1, 0.15) is 51.9 Å². The van der Waals surface area contributed by atoms with Gasteiger partial charge in [0, 0.05) is 0 Å². The maximum absolute atomic E-state index is 9.31. The van der Waals surface area contributed by atoms with Crippen LogP contribution in [0.15, 0.2) is 30.5 Å². The number of unbranched alkanes of at least 4 members (excludes halogenated alkanes) is 5. The van der Waals surface area contributed by atoms with E-state index in [-0.39, 0.29) is 0 Å². The van der Waals surface area contributed by atoms with Crippen molar-refractivity contribution in [2.75, 3.05) is 0 Å². The third kappa shape index (κ3) is 11.1. The summed E-state index contributed by atoms with van der Waals surface area (Å²) in [7, 11) is 0. The van der Waals surface area contributed by atoms with Crippen LogP contribution in [-0.2, 0) is 0 Å². The van der Waals surface area contributed by atoms with Crippen molar-refractivity contribution in [1.82, 2.24) is 0 Å². The van der Waals surface area contributed by atoms with Crippen LogP contribution in [0.2, 0.25) is 0 Å². The quantitative estimate of drug-likeness (QED) is 0.345. The van der Waals surface area contributed by atoms with Gasteiger partial charge in [-0.05, 0) is 31.4 Å². The summed E-state index contributed by atoms with van der Waals surface area (Å²) in [5.74, 6) is 0. The Balaban J connectivity index is 3.40. The molecule has 0 amide bonds. The molecule has 0 heterocycles. The minimum atomic E-state index is -0.418. The van der Waals surface area contributed by atoms with Crippen molar-refractivity contribution in [3.63, 3.8) is 0 Å². The van der Waals surface area contributed by atoms with Gasteiger partial charge >= 0.3 is 0 Å². The van der Waals surface area contributed by atoms with E-state index in [2.05, 4.69) is 19.2 Å². The Morgan fingerprint density at radius 1 is 1.27 bits per heavy atom. The van der Waals surface area contributed by atoms with E-state index in [1.54, 1.807) is 12.2 Å². The lowest BCUT2D eigenvalue weighted by Gasteiger charge is -1.96. The summed E-state index contributed by atoms with van der Waals surface area (Å²) in [6.07, 6.45) is 13.2. The highest BCUT2D eigenvalue weighted by Gasteiger charge is 1.91. The van der Waals surface area contributed by atoms with Crippen LogP contribution in [0.5, 0.6) is 0 Å². The molecule has 86 valence electrons. The Hall–Kier alpha value is -0.780. The summed E-state index contributed by atoms with van der Waals surface area (Å²) in [6.45, 7) is 5.79. The van der Waals surface area contributed by atoms with E-state index in [1.807, 2.05) is 6.08 Å². The minimum absolute atomic E-state index is 0.418. The second-order valence-electron chi connectivity index (χ2n) is 3.83. The van der Waals surface area contributed by atoms with E-state index in [9.17, 15) is 5.11 Å². The smallest absolute Gasteiger partial charge is 0.0828 e. The molecular weight excluding hydrogens is 184 g/mol. The molecule has 0 aliphatic heterocycles. The van der Waals surface area contributed by atoms with Crippen LogP contribution in [0.25, 0.3) is 0 Å². The molecule has 0 aromatic rings. The average molecular weight is 208 g/mol. The Bertz CT molecular complexity index is 199. The molecule has 0 spiro atoms. The van der Waals surface area contributed by atoms with Gasteiger partial charge in [-0.3, -0.25) is 0 Å². The lowest BCUT2D eigenvalue weighted by molar-refractivity contribution is 0.227. The first-order chi connectivity index (χ1) is 7.31. The van der Waals surface area contributed by atoms with Crippen LogP contribution < -0.4 is 0 Å². The van der Waals surface area contributed by atoms with Crippen LogP contribution in [0.3, 0.4) is 0 Å². The third-order valence-electron chi connectivity index (χ3n) is 2.27. The fourth-order valence-electron chi connectivity index (χ4n) is 1.35. The molecule has 0 aromatic heterocycles. The molecule has 0 radical (unpaired) electrons. The molecule has 1 heteroatoms. The van der Waals surface area contributed by atoms with Gasteiger partial charge in [-0.25, -0.2) is 0 Å². The third-order valence-corrected chi connectivity index (χ3v) is 2.27. The molecule has 0 fully saturated rings. The standard InChI is InChI=1S/C14H24O/c1-3-5-6-7-8-9-10-11-13-14(15)12-4-2/h4,10,13-15H,2-3,5-9,12H2,1H3. The summed E-state index contributed by atoms with van der Waals surface area (Å²) < 4.78 is 0. The van der Waals surface area contributed by atoms with Gasteiger partial charge in [0.15, 0.2) is 0 Å². The Morgan fingerprint density at radius 2 is 2.00 bits per heavy atom. The maximum atomic E-state index is 9.31. The molecular formula is C14H24O. The molecule has 1 atom stereocenters. The molecule has 0 aliphatic rings. The zero-order valence-electron chi connectivity index (χ0n) is 9.91. The number of hydrogen-bond donors (Lipinski definition) is 1. The highest BCUT2D eigenvalue weighted by atomic mass is 16.3. The van der Waals surface area contributed by atoms with E-state index in [0.29, 0.717) is 6.42 Å². The summed E-state index contributed by atoms with van der Waals surface area (Å²) >= 11 is 0. The highest BCUT2D eigenvalue weighted by molar-refractivity contribution is 4.92. The van der Waals surface area contributed by atoms with Crippen molar-refractivity contribution in [2.24, 2.45) is 0 Å². The molecule has 0 aliphatic carbocycles. The Kier molecular flexibility index (Phi) is 10.7. The monoisotopic (exact) mass is 208 g/mol. The SMILES string of the molecule is C=CCC(O)C=C=CCCCCCCC. The van der Waals surface area contributed by atoms with E-state index in [4.69, 9.17) is 0 Å². The Labute approximate surface area is 94.2 Å². The summed E-state index contributed by atoms with van der Waals surface area (Å²) in [6, 6.07) is 0. The zero-order valence-corrected chi connectivity index (χ0v) is 9.91. The van der Waals surface area contributed by atoms with Gasteiger partial charge in [-0.1, -0.05) is 38.7 Å². The fourth-order valence-corrected chi connectivity index (χ4v) is 1.35. The van der Waals surface area contributed by atoms with E-state index < -0.39 is 6.10 Å². The van der Waals surface area contributed by atoms with Crippen molar-refractivity contribution in [3.05, 3.63) is 30.5 Å². The molecule has 1 N–H and O–H groups in total. The van der Waals surface area contributed by atoms with Crippen molar-refractivity contribution in [3.8, 4) is 0 Å². The lowest BCUT2D eigenvalue weighted by atomic mass is 10.1. The van der Waals surface area contributed by atoms with Crippen molar-refractivity contribution in [2.45, 2.75) is 58.0 Å². The van der Waals surface area contributed by atoms with Crippen LogP contribution in [0, 0.1) is 0 Å². The number of aliphatic hydroxyl groups excluding tert-OH is 1. The molecule has 0 saturated heterocycles. The summed E-state index contributed by atoms with van der Waals surface area (Å²) in [5.41, 5.74) is 3.01. The largest absolute Gasteiger partial charge is 0.388 e. The molecule has 15 heavy (non-hydrogen) atoms. The molecule has 0 aromatic carbocycles. The van der Waals surface area contributed by atoms with E-state index in [0.717, 1.165) is 6.42 Å². The molecule has 1 unspecified atom stereocenters. The van der Waals surface area contributed by atoms with Crippen LogP contribution >= 0.6 is 0 Å². The Morgan fingerprint density at radius 3 is 2.67 bits per heavy atom. The van der Waals surface area contributed by atoms with Gasteiger partial charge in [0.1, 0.15) is 0 Å². The van der Waals surface area contributed by atoms with Crippen molar-refractivity contribution in [1.29, 1.82) is 0 Å². The first-order valence-electron chi connectivity index (χ1n) is 6.01. The normalized spacial score (nSPS) is 11.6. The zero-order chi connectivity index (χ0) is 11.4. The average Bonchev–Trinajstić information content (AvgIpc) is 2.22. The summed E-state index contributed by atoms with van der Waals surface area (Å²) in [5, 5.41) is 9.31. The van der Waals surface area contributed by atoms with Gasteiger partial charge in [-0.15, -0.1) is 12.3 Å². The predicted molar refractivity (Wildman–Crippen MR) is 66.8 cm³/mol. The topological polar surface area (TPSA) is 20.2 Å². The minimum Gasteiger partial charge on any atom is -0.388 e. The van der Waals surface area contributed by atoms with E-state index in [1.165, 1.54) is 32.1 Å². The number of aliphatic hydroxyl groups is 1. The molecule has 0 bridgehead atoms. The molecule has 0 rings (SSSR count). The maximum Gasteiger partial charge on any atom is 0.0828 e. The summed E-state index contributed by atoms with van der Waals surface area (Å²) in [4.78, 5) is 0. The van der Waals surface area contributed by atoms with Crippen molar-refractivity contribution < 1.29 is 5.11 Å². The molecule has 0 saturated carbocycles. The number of hydrogen-bond acceptors (Lipinski definition) is 1. The van der Waals surface area contributed by atoms with Crippen molar-refractivity contribution >= 4 is 0 Å². The molecule has 1 nitrogen and oxygen atoms in total. The van der Waals surface area contributed by atoms with Gasteiger partial charge in [0.25, 0.3) is 0 Å². The first-order valence-corrected chi connectivity index (χ1v) is 6.01. The fraction of sp³-hybridized carbons (Fsp3) is 0.643. The second kappa shape index (κ2) is 11.3. The van der Waals surface area contributed by atoms with Gasteiger partial charge < -0.3 is 5.11 Å². The van der Waals surface area contributed by atoms with Crippen LogP contribution in [0.4, 0.5) is 0 Å². The lowest BCUT2D eigenvalue weighted by Crippen LogP contribution is -1.97. The van der Waals surface area contributed by atoms with Crippen LogP contribution in [-0.4, -0.2) is 11.2 Å². The van der Waals surface area contributed by atoms with E-state index >= 15 is 0 Å². The second-order valence-corrected chi connectivity index (χ2v) is 3.83. The predicted octanol–water partition coefficient (Wildman–Crippen LogP) is 4.00. The van der Waals surface area contributed by atoms with Gasteiger partial charge in [0.2, 0.25) is 0 Å². The van der Waals surface area contributed by atoms with Gasteiger partial charge in [-0.2, -0.15) is 0 Å².